The van der Waals surface area contributed by atoms with E-state index in [2.05, 4.69) is 0 Å². The van der Waals surface area contributed by atoms with Crippen LogP contribution in [0, 0.1) is 6.92 Å². The summed E-state index contributed by atoms with van der Waals surface area (Å²) in [6, 6.07) is 9.65. The van der Waals surface area contributed by atoms with Gasteiger partial charge in [0.2, 0.25) is 0 Å². The largest absolute Gasteiger partial charge is 0.497 e. The van der Waals surface area contributed by atoms with Gasteiger partial charge in [0.05, 0.1) is 7.11 Å². The Bertz CT molecular complexity index is 501. The highest BCUT2D eigenvalue weighted by molar-refractivity contribution is 7.10. The Balaban J connectivity index is 2.46. The summed E-state index contributed by atoms with van der Waals surface area (Å²) in [4.78, 5) is 0.950. The lowest BCUT2D eigenvalue weighted by Crippen LogP contribution is -2.22. The lowest BCUT2D eigenvalue weighted by Gasteiger charge is -2.24. The molecule has 1 unspecified atom stereocenters. The van der Waals surface area contributed by atoms with Crippen molar-refractivity contribution in [3.05, 3.63) is 51.7 Å². The first-order chi connectivity index (χ1) is 8.05. The van der Waals surface area contributed by atoms with Gasteiger partial charge >= 0.3 is 0 Å². The first kappa shape index (κ1) is 12.1. The molecule has 1 heterocycles. The van der Waals surface area contributed by atoms with Gasteiger partial charge in [0.1, 0.15) is 11.4 Å². The van der Waals surface area contributed by atoms with Gasteiger partial charge in [0, 0.05) is 4.88 Å². The van der Waals surface area contributed by atoms with E-state index >= 15 is 0 Å². The van der Waals surface area contributed by atoms with Crippen LogP contribution in [0.3, 0.4) is 0 Å². The summed E-state index contributed by atoms with van der Waals surface area (Å²) in [5.41, 5.74) is 1.01. The van der Waals surface area contributed by atoms with Gasteiger partial charge in [-0.3, -0.25) is 0 Å². The van der Waals surface area contributed by atoms with Crippen LogP contribution < -0.4 is 4.74 Å². The first-order valence-corrected chi connectivity index (χ1v) is 6.35. The number of aryl methyl sites for hydroxylation is 1. The first-order valence-electron chi connectivity index (χ1n) is 5.47. The minimum atomic E-state index is -0.940. The van der Waals surface area contributed by atoms with Gasteiger partial charge in [-0.25, -0.2) is 0 Å². The van der Waals surface area contributed by atoms with E-state index in [1.807, 2.05) is 49.6 Å². The number of benzene rings is 1. The zero-order chi connectivity index (χ0) is 12.5. The summed E-state index contributed by atoms with van der Waals surface area (Å²) in [5.74, 6) is 0.813. The van der Waals surface area contributed by atoms with Crippen LogP contribution in [0.15, 0.2) is 35.7 Å². The van der Waals surface area contributed by atoms with Crippen LogP contribution in [-0.4, -0.2) is 12.2 Å². The zero-order valence-electron chi connectivity index (χ0n) is 10.2. The molecule has 0 aliphatic heterocycles. The van der Waals surface area contributed by atoms with E-state index in [1.54, 1.807) is 18.4 Å². The molecule has 0 radical (unpaired) electrons. The summed E-state index contributed by atoms with van der Waals surface area (Å²) >= 11 is 1.56. The molecular formula is C14H16O2S. The summed E-state index contributed by atoms with van der Waals surface area (Å²) < 4.78 is 5.17. The Hall–Kier alpha value is -1.32. The van der Waals surface area contributed by atoms with Crippen LogP contribution in [-0.2, 0) is 5.60 Å². The molecule has 0 saturated carbocycles. The Labute approximate surface area is 105 Å². The maximum absolute atomic E-state index is 10.7. The van der Waals surface area contributed by atoms with Gasteiger partial charge in [-0.05, 0) is 48.6 Å². The number of thiophene rings is 1. The molecule has 0 aliphatic carbocycles. The number of methoxy groups -OCH3 is 1. The molecule has 17 heavy (non-hydrogen) atoms. The lowest BCUT2D eigenvalue weighted by atomic mass is 9.90. The highest BCUT2D eigenvalue weighted by Crippen LogP contribution is 2.35. The highest BCUT2D eigenvalue weighted by Gasteiger charge is 2.28. The van der Waals surface area contributed by atoms with Crippen LogP contribution in [0.4, 0.5) is 0 Å². The molecule has 1 aromatic heterocycles. The van der Waals surface area contributed by atoms with Crippen molar-refractivity contribution in [3.8, 4) is 5.75 Å². The highest BCUT2D eigenvalue weighted by atomic mass is 32.1. The molecule has 0 amide bonds. The van der Waals surface area contributed by atoms with Gasteiger partial charge in [0.15, 0.2) is 0 Å². The third-order valence-electron chi connectivity index (χ3n) is 2.96. The fourth-order valence-corrected chi connectivity index (χ4v) is 2.80. The number of ether oxygens (including phenoxy) is 1. The minimum absolute atomic E-state index is 0.813. The molecule has 1 aromatic carbocycles. The molecule has 0 aliphatic rings. The number of hydrogen-bond acceptors (Lipinski definition) is 3. The van der Waals surface area contributed by atoms with Gasteiger partial charge in [-0.2, -0.15) is 0 Å². The molecule has 1 atom stereocenters. The molecule has 1 N–H and O–H groups in total. The third-order valence-corrected chi connectivity index (χ3v) is 4.04. The summed E-state index contributed by atoms with van der Waals surface area (Å²) in [5, 5.41) is 12.6. The van der Waals surface area contributed by atoms with Gasteiger partial charge in [0.25, 0.3) is 0 Å². The summed E-state index contributed by atoms with van der Waals surface area (Å²) in [7, 11) is 1.64. The van der Waals surface area contributed by atoms with Crippen molar-refractivity contribution in [2.24, 2.45) is 0 Å². The van der Waals surface area contributed by atoms with E-state index in [-0.39, 0.29) is 0 Å². The van der Waals surface area contributed by atoms with E-state index in [0.717, 1.165) is 21.8 Å². The fraction of sp³-hybridized carbons (Fsp3) is 0.286. The van der Waals surface area contributed by atoms with Crippen molar-refractivity contribution in [2.45, 2.75) is 19.4 Å². The van der Waals surface area contributed by atoms with Crippen molar-refractivity contribution >= 4 is 11.3 Å². The van der Waals surface area contributed by atoms with Crippen molar-refractivity contribution in [2.75, 3.05) is 7.11 Å². The molecule has 0 bridgehead atoms. The lowest BCUT2D eigenvalue weighted by molar-refractivity contribution is 0.105. The van der Waals surface area contributed by atoms with E-state index in [9.17, 15) is 5.11 Å². The van der Waals surface area contributed by atoms with Gasteiger partial charge < -0.3 is 9.84 Å². The number of hydrogen-bond donors (Lipinski definition) is 1. The quantitative estimate of drug-likeness (QED) is 0.903. The SMILES string of the molecule is COc1ccc(C(C)(O)c2cccs2)c(C)c1. The second kappa shape index (κ2) is 4.51. The number of rotatable bonds is 3. The minimum Gasteiger partial charge on any atom is -0.497 e. The molecule has 2 aromatic rings. The molecule has 0 saturated heterocycles. The maximum atomic E-state index is 10.7. The van der Waals surface area contributed by atoms with Crippen LogP contribution in [0.2, 0.25) is 0 Å². The zero-order valence-corrected chi connectivity index (χ0v) is 11.0. The molecule has 0 spiro atoms. The Morgan fingerprint density at radius 3 is 2.59 bits per heavy atom. The topological polar surface area (TPSA) is 29.5 Å². The standard InChI is InChI=1S/C14H16O2S/c1-10-9-11(16-3)6-7-12(10)14(2,15)13-5-4-8-17-13/h4-9,15H,1-3H3. The molecular weight excluding hydrogens is 232 g/mol. The molecule has 0 fully saturated rings. The molecule has 2 nitrogen and oxygen atoms in total. The van der Waals surface area contributed by atoms with Crippen LogP contribution in [0.1, 0.15) is 22.9 Å². The number of aliphatic hydroxyl groups is 1. The van der Waals surface area contributed by atoms with Crippen LogP contribution in [0.25, 0.3) is 0 Å². The van der Waals surface area contributed by atoms with Crippen molar-refractivity contribution in [1.82, 2.24) is 0 Å². The van der Waals surface area contributed by atoms with E-state index in [4.69, 9.17) is 4.74 Å². The van der Waals surface area contributed by atoms with Crippen molar-refractivity contribution in [3.63, 3.8) is 0 Å². The van der Waals surface area contributed by atoms with Crippen LogP contribution >= 0.6 is 11.3 Å². The second-order valence-corrected chi connectivity index (χ2v) is 5.18. The average Bonchev–Trinajstić information content (AvgIpc) is 2.82. The van der Waals surface area contributed by atoms with E-state index < -0.39 is 5.60 Å². The Kier molecular flexibility index (Phi) is 3.22. The smallest absolute Gasteiger partial charge is 0.121 e. The summed E-state index contributed by atoms with van der Waals surface area (Å²) in [6.07, 6.45) is 0. The fourth-order valence-electron chi connectivity index (χ4n) is 2.00. The average molecular weight is 248 g/mol. The molecule has 2 rings (SSSR count). The van der Waals surface area contributed by atoms with Crippen LogP contribution in [0.5, 0.6) is 5.75 Å². The Morgan fingerprint density at radius 1 is 1.29 bits per heavy atom. The normalized spacial score (nSPS) is 14.4. The maximum Gasteiger partial charge on any atom is 0.121 e. The Morgan fingerprint density at radius 2 is 2.06 bits per heavy atom. The van der Waals surface area contributed by atoms with Gasteiger partial charge in [-0.1, -0.05) is 12.1 Å². The predicted octanol–water partition coefficient (Wildman–Crippen LogP) is 3.32. The molecule has 3 heteroatoms. The summed E-state index contributed by atoms with van der Waals surface area (Å²) in [6.45, 7) is 3.81. The van der Waals surface area contributed by atoms with E-state index in [0.29, 0.717) is 0 Å². The van der Waals surface area contributed by atoms with Gasteiger partial charge in [-0.15, -0.1) is 11.3 Å². The van der Waals surface area contributed by atoms with Crippen molar-refractivity contribution < 1.29 is 9.84 Å². The molecule has 90 valence electrons. The third kappa shape index (κ3) is 2.21. The predicted molar refractivity (Wildman–Crippen MR) is 70.7 cm³/mol. The van der Waals surface area contributed by atoms with E-state index in [1.165, 1.54) is 0 Å². The van der Waals surface area contributed by atoms with Crippen molar-refractivity contribution in [1.29, 1.82) is 0 Å². The monoisotopic (exact) mass is 248 g/mol. The second-order valence-electron chi connectivity index (χ2n) is 4.23.